The van der Waals surface area contributed by atoms with Crippen molar-refractivity contribution in [3.63, 3.8) is 0 Å². The van der Waals surface area contributed by atoms with E-state index in [9.17, 15) is 22.8 Å². The molecule has 1 unspecified atom stereocenters. The van der Waals surface area contributed by atoms with E-state index in [-0.39, 0.29) is 0 Å². The van der Waals surface area contributed by atoms with Gasteiger partial charge in [0.05, 0.1) is 11.3 Å². The van der Waals surface area contributed by atoms with Gasteiger partial charge >= 0.3 is 18.1 Å². The summed E-state index contributed by atoms with van der Waals surface area (Å²) in [5, 5.41) is 0. The largest absolute Gasteiger partial charge is 0.455 e. The van der Waals surface area contributed by atoms with Gasteiger partial charge in [0.2, 0.25) is 5.60 Å². The third-order valence-electron chi connectivity index (χ3n) is 4.25. The molecular formula is C16H27F3O4. The Morgan fingerprint density at radius 1 is 0.957 bits per heavy atom. The molecule has 4 nitrogen and oxygen atoms in total. The molecule has 0 aliphatic rings. The Bertz CT molecular complexity index is 453. The Labute approximate surface area is 135 Å². The van der Waals surface area contributed by atoms with Crippen LogP contribution in [-0.2, 0) is 19.1 Å². The summed E-state index contributed by atoms with van der Waals surface area (Å²) in [5.41, 5.74) is -5.98. The van der Waals surface area contributed by atoms with Crippen molar-refractivity contribution < 1.29 is 32.2 Å². The third kappa shape index (κ3) is 4.61. The first-order chi connectivity index (χ1) is 10.0. The SMILES string of the molecule is CCC(C)(C)C(=O)OC(C)(C)C(C)(OC(=O)C(C)C)C(F)(F)F. The second kappa shape index (κ2) is 6.69. The van der Waals surface area contributed by atoms with Crippen LogP contribution in [0.5, 0.6) is 0 Å². The van der Waals surface area contributed by atoms with E-state index in [1.807, 2.05) is 0 Å². The second-order valence-electron chi connectivity index (χ2n) is 7.24. The predicted molar refractivity (Wildman–Crippen MR) is 79.6 cm³/mol. The lowest BCUT2D eigenvalue weighted by atomic mass is 9.84. The van der Waals surface area contributed by atoms with Gasteiger partial charge in [0, 0.05) is 0 Å². The van der Waals surface area contributed by atoms with Gasteiger partial charge in [0.1, 0.15) is 0 Å². The molecule has 0 radical (unpaired) electrons. The van der Waals surface area contributed by atoms with Gasteiger partial charge in [-0.15, -0.1) is 0 Å². The lowest BCUT2D eigenvalue weighted by molar-refractivity contribution is -0.314. The third-order valence-corrected chi connectivity index (χ3v) is 4.25. The molecular weight excluding hydrogens is 313 g/mol. The fraction of sp³-hybridized carbons (Fsp3) is 0.875. The molecule has 7 heteroatoms. The van der Waals surface area contributed by atoms with E-state index in [1.165, 1.54) is 13.8 Å². The zero-order valence-corrected chi connectivity index (χ0v) is 15.1. The number of alkyl halides is 3. The summed E-state index contributed by atoms with van der Waals surface area (Å²) in [6.45, 7) is 10.7. The molecule has 0 aromatic heterocycles. The average Bonchev–Trinajstić information content (AvgIpc) is 2.36. The quantitative estimate of drug-likeness (QED) is 0.678. The highest BCUT2D eigenvalue weighted by molar-refractivity contribution is 5.76. The summed E-state index contributed by atoms with van der Waals surface area (Å²) in [7, 11) is 0. The average molecular weight is 340 g/mol. The smallest absolute Gasteiger partial charge is 0.432 e. The number of hydrogen-bond donors (Lipinski definition) is 0. The van der Waals surface area contributed by atoms with Crippen LogP contribution in [0, 0.1) is 11.3 Å². The first-order valence-corrected chi connectivity index (χ1v) is 7.55. The van der Waals surface area contributed by atoms with E-state index in [2.05, 4.69) is 0 Å². The highest BCUT2D eigenvalue weighted by atomic mass is 19.4. The number of ether oxygens (including phenoxy) is 2. The normalized spacial score (nSPS) is 16.0. The number of halogens is 3. The minimum atomic E-state index is -4.91. The molecule has 0 aromatic rings. The van der Waals surface area contributed by atoms with Crippen molar-refractivity contribution in [1.82, 2.24) is 0 Å². The molecule has 0 fully saturated rings. The molecule has 0 rings (SSSR count). The molecule has 0 aromatic carbocycles. The van der Waals surface area contributed by atoms with Crippen molar-refractivity contribution in [2.75, 3.05) is 0 Å². The van der Waals surface area contributed by atoms with Crippen LogP contribution in [0.1, 0.15) is 61.8 Å². The molecule has 23 heavy (non-hydrogen) atoms. The van der Waals surface area contributed by atoms with Crippen molar-refractivity contribution in [2.24, 2.45) is 11.3 Å². The van der Waals surface area contributed by atoms with Gasteiger partial charge in [0.15, 0.2) is 5.60 Å². The van der Waals surface area contributed by atoms with Gasteiger partial charge in [-0.1, -0.05) is 20.8 Å². The standard InChI is InChI=1S/C16H27F3O4/c1-9-13(4,5)12(21)23-14(6,7)15(8,16(17,18)19)22-11(20)10(2)3/h10H,9H2,1-8H3. The van der Waals surface area contributed by atoms with Crippen molar-refractivity contribution in [3.05, 3.63) is 0 Å². The molecule has 0 saturated carbocycles. The summed E-state index contributed by atoms with van der Waals surface area (Å²) in [5.74, 6) is -2.53. The van der Waals surface area contributed by atoms with Crippen LogP contribution in [0.4, 0.5) is 13.2 Å². The van der Waals surface area contributed by atoms with Crippen LogP contribution in [0.15, 0.2) is 0 Å². The van der Waals surface area contributed by atoms with Gasteiger partial charge < -0.3 is 9.47 Å². The van der Waals surface area contributed by atoms with E-state index in [0.717, 1.165) is 20.8 Å². The number of carbonyl (C=O) groups excluding carboxylic acids is 2. The van der Waals surface area contributed by atoms with Gasteiger partial charge in [-0.2, -0.15) is 13.2 Å². The highest BCUT2D eigenvalue weighted by Gasteiger charge is 2.66. The fourth-order valence-electron chi connectivity index (χ4n) is 1.45. The lowest BCUT2D eigenvalue weighted by Gasteiger charge is -2.44. The van der Waals surface area contributed by atoms with Gasteiger partial charge in [-0.05, 0) is 41.0 Å². The molecule has 0 aliphatic heterocycles. The Kier molecular flexibility index (Phi) is 6.32. The fourth-order valence-corrected chi connectivity index (χ4v) is 1.45. The van der Waals surface area contributed by atoms with Crippen LogP contribution in [0.2, 0.25) is 0 Å². The van der Waals surface area contributed by atoms with Crippen molar-refractivity contribution in [3.8, 4) is 0 Å². The van der Waals surface area contributed by atoms with Crippen LogP contribution >= 0.6 is 0 Å². The highest BCUT2D eigenvalue weighted by Crippen LogP contribution is 2.44. The molecule has 0 saturated heterocycles. The van der Waals surface area contributed by atoms with Crippen LogP contribution < -0.4 is 0 Å². The molecule has 0 aliphatic carbocycles. The van der Waals surface area contributed by atoms with Crippen molar-refractivity contribution >= 4 is 11.9 Å². The number of hydrogen-bond acceptors (Lipinski definition) is 4. The van der Waals surface area contributed by atoms with Gasteiger partial charge in [-0.3, -0.25) is 9.59 Å². The summed E-state index contributed by atoms with van der Waals surface area (Å²) in [6, 6.07) is 0. The Morgan fingerprint density at radius 2 is 1.39 bits per heavy atom. The van der Waals surface area contributed by atoms with E-state index in [4.69, 9.17) is 9.47 Å². The summed E-state index contributed by atoms with van der Waals surface area (Å²) in [6.07, 6.45) is -4.51. The molecule has 136 valence electrons. The summed E-state index contributed by atoms with van der Waals surface area (Å²) in [4.78, 5) is 23.9. The minimum Gasteiger partial charge on any atom is -0.455 e. The Hall–Kier alpha value is -1.27. The van der Waals surface area contributed by atoms with E-state index >= 15 is 0 Å². The molecule has 0 heterocycles. The summed E-state index contributed by atoms with van der Waals surface area (Å²) >= 11 is 0. The maximum absolute atomic E-state index is 13.6. The first-order valence-electron chi connectivity index (χ1n) is 7.55. The molecule has 0 amide bonds. The van der Waals surface area contributed by atoms with Gasteiger partial charge in [-0.25, -0.2) is 0 Å². The van der Waals surface area contributed by atoms with Crippen LogP contribution in [-0.4, -0.2) is 29.3 Å². The van der Waals surface area contributed by atoms with E-state index < -0.39 is 40.6 Å². The van der Waals surface area contributed by atoms with Crippen molar-refractivity contribution in [2.45, 2.75) is 79.2 Å². The van der Waals surface area contributed by atoms with E-state index in [1.54, 1.807) is 20.8 Å². The maximum Gasteiger partial charge on any atom is 0.432 e. The zero-order valence-electron chi connectivity index (χ0n) is 15.1. The molecule has 0 bridgehead atoms. The van der Waals surface area contributed by atoms with Gasteiger partial charge in [0.25, 0.3) is 0 Å². The molecule has 0 N–H and O–H groups in total. The Morgan fingerprint density at radius 3 is 1.70 bits per heavy atom. The summed E-state index contributed by atoms with van der Waals surface area (Å²) < 4.78 is 50.6. The van der Waals surface area contributed by atoms with E-state index in [0.29, 0.717) is 6.42 Å². The lowest BCUT2D eigenvalue weighted by Crippen LogP contribution is -2.63. The second-order valence-corrected chi connectivity index (χ2v) is 7.24. The topological polar surface area (TPSA) is 52.6 Å². The van der Waals surface area contributed by atoms with Crippen LogP contribution in [0.25, 0.3) is 0 Å². The van der Waals surface area contributed by atoms with Crippen LogP contribution in [0.3, 0.4) is 0 Å². The zero-order chi connectivity index (χ0) is 18.9. The monoisotopic (exact) mass is 340 g/mol. The molecule has 0 spiro atoms. The van der Waals surface area contributed by atoms with Crippen molar-refractivity contribution in [1.29, 1.82) is 0 Å². The number of esters is 2. The maximum atomic E-state index is 13.6. The Balaban J connectivity index is 5.72. The number of rotatable bonds is 6. The minimum absolute atomic E-state index is 0.399. The first kappa shape index (κ1) is 21.7. The molecule has 1 atom stereocenters. The number of carbonyl (C=O) groups is 2. The predicted octanol–water partition coefficient (Wildman–Crippen LogP) is 4.26.